The molecule has 0 aromatic heterocycles. The maximum absolute atomic E-state index is 11.9. The highest BCUT2D eigenvalue weighted by atomic mass is 127. The quantitative estimate of drug-likeness (QED) is 0.191. The zero-order valence-electron chi connectivity index (χ0n) is 18.9. The van der Waals surface area contributed by atoms with Crippen LogP contribution in [0.4, 0.5) is 5.69 Å². The minimum Gasteiger partial charge on any atom is -0.381 e. The van der Waals surface area contributed by atoms with Crippen molar-refractivity contribution < 1.29 is 9.53 Å². The predicted molar refractivity (Wildman–Crippen MR) is 142 cm³/mol. The zero-order valence-corrected chi connectivity index (χ0v) is 21.2. The van der Waals surface area contributed by atoms with Crippen molar-refractivity contribution in [3.05, 3.63) is 65.7 Å². The molecule has 1 heterocycles. The molecule has 0 radical (unpaired) electrons. The molecule has 7 heteroatoms. The first-order valence-electron chi connectivity index (χ1n) is 11.2. The first-order valence-corrected chi connectivity index (χ1v) is 11.2. The molecule has 0 spiro atoms. The van der Waals surface area contributed by atoms with E-state index in [0.717, 1.165) is 69.2 Å². The molecule has 0 saturated carbocycles. The van der Waals surface area contributed by atoms with E-state index in [9.17, 15) is 4.79 Å². The fourth-order valence-corrected chi connectivity index (χ4v) is 3.59. The van der Waals surface area contributed by atoms with E-state index in [0.29, 0.717) is 13.0 Å². The van der Waals surface area contributed by atoms with Crippen LogP contribution >= 0.6 is 24.0 Å². The second kappa shape index (κ2) is 14.8. The number of anilines is 1. The SMILES string of the molecule is CN=C(NCCCCOCCc1ccccc1)NCc1ccc(N2CCCC2=O)cc1.I. The molecule has 0 aliphatic carbocycles. The average molecular weight is 550 g/mol. The van der Waals surface area contributed by atoms with Crippen LogP contribution in [-0.2, 0) is 22.5 Å². The number of guanidine groups is 1. The number of carbonyl (C=O) groups excluding carboxylic acids is 1. The molecule has 32 heavy (non-hydrogen) atoms. The van der Waals surface area contributed by atoms with E-state index in [1.807, 2.05) is 23.1 Å². The molecule has 2 aromatic rings. The fraction of sp³-hybridized carbons (Fsp3) is 0.440. The van der Waals surface area contributed by atoms with Gasteiger partial charge in [-0.1, -0.05) is 42.5 Å². The summed E-state index contributed by atoms with van der Waals surface area (Å²) >= 11 is 0. The van der Waals surface area contributed by atoms with Crippen LogP contribution in [0, 0.1) is 0 Å². The van der Waals surface area contributed by atoms with Crippen LogP contribution in [0.2, 0.25) is 0 Å². The standard InChI is InChI=1S/C25H34N4O2.HI/c1-26-25(27-16-5-6-18-31-19-15-21-8-3-2-4-9-21)28-20-22-11-13-23(14-12-22)29-17-7-10-24(29)30;/h2-4,8-9,11-14H,5-7,10,15-20H2,1H3,(H2,26,27,28);1H. The van der Waals surface area contributed by atoms with E-state index in [1.54, 1.807) is 7.05 Å². The Bertz CT molecular complexity index is 828. The van der Waals surface area contributed by atoms with Crippen molar-refractivity contribution in [2.45, 2.75) is 38.6 Å². The molecular weight excluding hydrogens is 515 g/mol. The molecule has 1 aliphatic heterocycles. The van der Waals surface area contributed by atoms with Crippen molar-refractivity contribution in [1.82, 2.24) is 10.6 Å². The van der Waals surface area contributed by atoms with Gasteiger partial charge in [-0.3, -0.25) is 9.79 Å². The van der Waals surface area contributed by atoms with Crippen molar-refractivity contribution in [3.8, 4) is 0 Å². The molecule has 3 rings (SSSR count). The van der Waals surface area contributed by atoms with Gasteiger partial charge < -0.3 is 20.3 Å². The number of hydrogen-bond donors (Lipinski definition) is 2. The van der Waals surface area contributed by atoms with Gasteiger partial charge in [0.15, 0.2) is 5.96 Å². The van der Waals surface area contributed by atoms with Gasteiger partial charge in [0.2, 0.25) is 5.91 Å². The number of hydrogen-bond acceptors (Lipinski definition) is 3. The minimum atomic E-state index is 0. The Balaban J connectivity index is 0.00000363. The molecule has 6 nitrogen and oxygen atoms in total. The van der Waals surface area contributed by atoms with Crippen LogP contribution in [0.5, 0.6) is 0 Å². The summed E-state index contributed by atoms with van der Waals surface area (Å²) in [6.07, 6.45) is 4.63. The molecule has 2 N–H and O–H groups in total. The molecular formula is C25H35IN4O2. The number of nitrogens with zero attached hydrogens (tertiary/aromatic N) is 2. The predicted octanol–water partition coefficient (Wildman–Crippen LogP) is 4.14. The van der Waals surface area contributed by atoms with Gasteiger partial charge in [-0.05, 0) is 48.9 Å². The number of nitrogens with one attached hydrogen (secondary N) is 2. The lowest BCUT2D eigenvalue weighted by molar-refractivity contribution is -0.117. The van der Waals surface area contributed by atoms with Crippen LogP contribution in [0.1, 0.15) is 36.8 Å². The van der Waals surface area contributed by atoms with E-state index in [1.165, 1.54) is 5.56 Å². The van der Waals surface area contributed by atoms with E-state index in [-0.39, 0.29) is 29.9 Å². The van der Waals surface area contributed by atoms with E-state index < -0.39 is 0 Å². The number of unbranched alkanes of at least 4 members (excludes halogenated alkanes) is 1. The van der Waals surface area contributed by atoms with Crippen LogP contribution in [0.15, 0.2) is 59.6 Å². The van der Waals surface area contributed by atoms with Crippen molar-refractivity contribution >= 4 is 41.5 Å². The van der Waals surface area contributed by atoms with Gasteiger partial charge in [0.05, 0.1) is 6.61 Å². The lowest BCUT2D eigenvalue weighted by atomic mass is 10.2. The summed E-state index contributed by atoms with van der Waals surface area (Å²) in [5.74, 6) is 1.01. The van der Waals surface area contributed by atoms with Gasteiger partial charge in [0.1, 0.15) is 0 Å². The van der Waals surface area contributed by atoms with Crippen molar-refractivity contribution in [1.29, 1.82) is 0 Å². The normalized spacial score (nSPS) is 13.7. The Morgan fingerprint density at radius 3 is 2.47 bits per heavy atom. The van der Waals surface area contributed by atoms with Gasteiger partial charge in [0.25, 0.3) is 0 Å². The summed E-state index contributed by atoms with van der Waals surface area (Å²) in [6.45, 7) is 3.93. The Morgan fingerprint density at radius 2 is 1.78 bits per heavy atom. The van der Waals surface area contributed by atoms with Crippen LogP contribution in [0.25, 0.3) is 0 Å². The average Bonchev–Trinajstić information content (AvgIpc) is 3.24. The minimum absolute atomic E-state index is 0. The van der Waals surface area contributed by atoms with E-state index in [4.69, 9.17) is 4.74 Å². The summed E-state index contributed by atoms with van der Waals surface area (Å²) in [5, 5.41) is 6.69. The van der Waals surface area contributed by atoms with Gasteiger partial charge in [-0.15, -0.1) is 24.0 Å². The van der Waals surface area contributed by atoms with E-state index in [2.05, 4.69) is 52.0 Å². The molecule has 2 aromatic carbocycles. The highest BCUT2D eigenvalue weighted by Crippen LogP contribution is 2.21. The number of aliphatic imine (C=N–C) groups is 1. The third-order valence-electron chi connectivity index (χ3n) is 5.39. The fourth-order valence-electron chi connectivity index (χ4n) is 3.59. The smallest absolute Gasteiger partial charge is 0.227 e. The molecule has 174 valence electrons. The van der Waals surface area contributed by atoms with Gasteiger partial charge >= 0.3 is 0 Å². The number of rotatable bonds is 11. The largest absolute Gasteiger partial charge is 0.381 e. The third kappa shape index (κ3) is 8.78. The second-order valence-electron chi connectivity index (χ2n) is 7.72. The van der Waals surface area contributed by atoms with Gasteiger partial charge in [-0.25, -0.2) is 0 Å². The first kappa shape index (κ1) is 26.1. The summed E-state index contributed by atoms with van der Waals surface area (Å²) in [6, 6.07) is 18.6. The summed E-state index contributed by atoms with van der Waals surface area (Å²) in [4.78, 5) is 18.0. The lowest BCUT2D eigenvalue weighted by Gasteiger charge is -2.16. The molecule has 1 aliphatic rings. The maximum Gasteiger partial charge on any atom is 0.227 e. The Morgan fingerprint density at radius 1 is 1.00 bits per heavy atom. The number of amides is 1. The monoisotopic (exact) mass is 550 g/mol. The number of carbonyl (C=O) groups is 1. The van der Waals surface area contributed by atoms with E-state index >= 15 is 0 Å². The highest BCUT2D eigenvalue weighted by molar-refractivity contribution is 14.0. The van der Waals surface area contributed by atoms with Gasteiger partial charge in [-0.2, -0.15) is 0 Å². The summed E-state index contributed by atoms with van der Waals surface area (Å²) < 4.78 is 5.73. The number of benzene rings is 2. The summed E-state index contributed by atoms with van der Waals surface area (Å²) in [5.41, 5.74) is 3.46. The molecule has 0 bridgehead atoms. The second-order valence-corrected chi connectivity index (χ2v) is 7.72. The first-order chi connectivity index (χ1) is 15.3. The molecule has 0 unspecified atom stereocenters. The Hall–Kier alpha value is -2.13. The topological polar surface area (TPSA) is 66.0 Å². The van der Waals surface area contributed by atoms with Crippen molar-refractivity contribution in [2.75, 3.05) is 38.3 Å². The maximum atomic E-state index is 11.9. The molecule has 1 saturated heterocycles. The van der Waals surface area contributed by atoms with Gasteiger partial charge in [0, 0.05) is 45.4 Å². The molecule has 1 amide bonds. The third-order valence-corrected chi connectivity index (χ3v) is 5.39. The lowest BCUT2D eigenvalue weighted by Crippen LogP contribution is -2.37. The highest BCUT2D eigenvalue weighted by Gasteiger charge is 2.21. The number of ether oxygens (including phenoxy) is 1. The van der Waals surface area contributed by atoms with Crippen LogP contribution in [-0.4, -0.2) is 45.2 Å². The Kier molecular flexibility index (Phi) is 12.1. The van der Waals surface area contributed by atoms with Crippen LogP contribution < -0.4 is 15.5 Å². The molecule has 1 fully saturated rings. The van der Waals surface area contributed by atoms with Crippen molar-refractivity contribution in [2.24, 2.45) is 4.99 Å². The molecule has 0 atom stereocenters. The van der Waals surface area contributed by atoms with Crippen molar-refractivity contribution in [3.63, 3.8) is 0 Å². The Labute approximate surface area is 208 Å². The van der Waals surface area contributed by atoms with Crippen LogP contribution in [0.3, 0.4) is 0 Å². The zero-order chi connectivity index (χ0) is 21.7. The summed E-state index contributed by atoms with van der Waals surface area (Å²) in [7, 11) is 1.78. The number of halogens is 1.